The standard InChI is InChI=1S/C12H17N3O4/c1-7-9(8(2)19-14-7)5-11(16)15-4-3-13-6-10(15)12(17)18/h10,13H,3-6H2,1-2H3,(H,17,18). The number of hydrogen-bond acceptors (Lipinski definition) is 5. The number of nitrogens with zero attached hydrogens (tertiary/aromatic N) is 2. The van der Waals surface area contributed by atoms with Gasteiger partial charge in [0.15, 0.2) is 0 Å². The molecule has 1 amide bonds. The molecule has 0 aliphatic carbocycles. The van der Waals surface area contributed by atoms with E-state index in [1.165, 1.54) is 4.90 Å². The SMILES string of the molecule is Cc1noc(C)c1CC(=O)N1CCNCC1C(=O)O. The summed E-state index contributed by atoms with van der Waals surface area (Å²) in [5, 5.41) is 15.9. The average Bonchev–Trinajstić information content (AvgIpc) is 2.70. The molecule has 0 radical (unpaired) electrons. The molecule has 19 heavy (non-hydrogen) atoms. The smallest absolute Gasteiger partial charge is 0.327 e. The first-order valence-corrected chi connectivity index (χ1v) is 6.15. The highest BCUT2D eigenvalue weighted by atomic mass is 16.5. The number of hydrogen-bond donors (Lipinski definition) is 2. The molecule has 1 fully saturated rings. The van der Waals surface area contributed by atoms with E-state index in [4.69, 9.17) is 9.63 Å². The van der Waals surface area contributed by atoms with Gasteiger partial charge in [0.1, 0.15) is 11.8 Å². The van der Waals surface area contributed by atoms with Gasteiger partial charge in [0.2, 0.25) is 5.91 Å². The van der Waals surface area contributed by atoms with Crippen LogP contribution in [0.2, 0.25) is 0 Å². The maximum Gasteiger partial charge on any atom is 0.327 e. The molecule has 2 heterocycles. The Morgan fingerprint density at radius 3 is 2.84 bits per heavy atom. The quantitative estimate of drug-likeness (QED) is 0.782. The van der Waals surface area contributed by atoms with Crippen LogP contribution < -0.4 is 5.32 Å². The summed E-state index contributed by atoms with van der Waals surface area (Å²) in [4.78, 5) is 24.8. The van der Waals surface area contributed by atoms with Crippen molar-refractivity contribution >= 4 is 11.9 Å². The van der Waals surface area contributed by atoms with E-state index < -0.39 is 12.0 Å². The highest BCUT2D eigenvalue weighted by Crippen LogP contribution is 2.15. The average molecular weight is 267 g/mol. The Bertz CT molecular complexity index is 478. The van der Waals surface area contributed by atoms with Gasteiger partial charge >= 0.3 is 5.97 Å². The molecule has 7 nitrogen and oxygen atoms in total. The third-order valence-corrected chi connectivity index (χ3v) is 3.36. The Balaban J connectivity index is 2.12. The third-order valence-electron chi connectivity index (χ3n) is 3.36. The van der Waals surface area contributed by atoms with Gasteiger partial charge in [0.05, 0.1) is 12.1 Å². The Labute approximate surface area is 110 Å². The lowest BCUT2D eigenvalue weighted by Gasteiger charge is -2.33. The van der Waals surface area contributed by atoms with Crippen molar-refractivity contribution in [1.82, 2.24) is 15.4 Å². The van der Waals surface area contributed by atoms with E-state index in [0.29, 0.717) is 24.5 Å². The fraction of sp³-hybridized carbons (Fsp3) is 0.583. The Morgan fingerprint density at radius 1 is 1.53 bits per heavy atom. The molecule has 7 heteroatoms. The minimum Gasteiger partial charge on any atom is -0.480 e. The van der Waals surface area contributed by atoms with Crippen molar-refractivity contribution in [1.29, 1.82) is 0 Å². The van der Waals surface area contributed by atoms with E-state index in [1.807, 2.05) is 0 Å². The summed E-state index contributed by atoms with van der Waals surface area (Å²) in [5.74, 6) is -0.588. The lowest BCUT2D eigenvalue weighted by atomic mass is 10.1. The van der Waals surface area contributed by atoms with E-state index in [0.717, 1.165) is 5.56 Å². The first kappa shape index (κ1) is 13.5. The second kappa shape index (κ2) is 5.40. The number of carboxylic acid groups (broad SMARTS) is 1. The van der Waals surface area contributed by atoms with E-state index in [1.54, 1.807) is 13.8 Å². The molecule has 1 aliphatic heterocycles. The highest BCUT2D eigenvalue weighted by Gasteiger charge is 2.32. The maximum atomic E-state index is 12.3. The summed E-state index contributed by atoms with van der Waals surface area (Å²) >= 11 is 0. The molecule has 1 aliphatic rings. The lowest BCUT2D eigenvalue weighted by molar-refractivity contribution is -0.151. The number of piperazine rings is 1. The summed E-state index contributed by atoms with van der Waals surface area (Å²) in [6, 6.07) is -0.804. The molecule has 0 aromatic carbocycles. The van der Waals surface area contributed by atoms with Crippen LogP contribution in [-0.2, 0) is 16.0 Å². The Hall–Kier alpha value is -1.89. The number of aromatic nitrogens is 1. The van der Waals surface area contributed by atoms with E-state index in [2.05, 4.69) is 10.5 Å². The fourth-order valence-electron chi connectivity index (χ4n) is 2.23. The molecule has 1 unspecified atom stereocenters. The maximum absolute atomic E-state index is 12.3. The van der Waals surface area contributed by atoms with E-state index in [-0.39, 0.29) is 18.9 Å². The number of aryl methyl sites for hydroxylation is 2. The zero-order valence-electron chi connectivity index (χ0n) is 11.0. The number of carbonyl (C=O) groups is 2. The number of amides is 1. The predicted octanol–water partition coefficient (Wildman–Crippen LogP) is -0.281. The van der Waals surface area contributed by atoms with Crippen molar-refractivity contribution < 1.29 is 19.2 Å². The van der Waals surface area contributed by atoms with Crippen molar-refractivity contribution in [3.8, 4) is 0 Å². The second-order valence-electron chi connectivity index (χ2n) is 4.62. The van der Waals surface area contributed by atoms with Crippen LogP contribution in [0.25, 0.3) is 0 Å². The van der Waals surface area contributed by atoms with E-state index in [9.17, 15) is 9.59 Å². The summed E-state index contributed by atoms with van der Waals surface area (Å²) in [6.07, 6.45) is 0.130. The summed E-state index contributed by atoms with van der Waals surface area (Å²) < 4.78 is 5.01. The van der Waals surface area contributed by atoms with Gasteiger partial charge in [0.25, 0.3) is 0 Å². The topological polar surface area (TPSA) is 95.7 Å². The Kier molecular flexibility index (Phi) is 3.84. The molecule has 1 aromatic heterocycles. The molecular formula is C12H17N3O4. The summed E-state index contributed by atoms with van der Waals surface area (Å²) in [7, 11) is 0. The highest BCUT2D eigenvalue weighted by molar-refractivity contribution is 5.85. The first-order valence-electron chi connectivity index (χ1n) is 6.15. The molecule has 1 atom stereocenters. The third kappa shape index (κ3) is 2.76. The van der Waals surface area contributed by atoms with Crippen LogP contribution in [0.3, 0.4) is 0 Å². The van der Waals surface area contributed by atoms with Gasteiger partial charge in [-0.15, -0.1) is 0 Å². The van der Waals surface area contributed by atoms with E-state index >= 15 is 0 Å². The zero-order chi connectivity index (χ0) is 14.0. The van der Waals surface area contributed by atoms with Gasteiger partial charge in [-0.05, 0) is 13.8 Å². The minimum atomic E-state index is -0.987. The van der Waals surface area contributed by atoms with Gasteiger partial charge in [-0.1, -0.05) is 5.16 Å². The normalized spacial score (nSPS) is 19.5. The molecule has 0 spiro atoms. The zero-order valence-corrected chi connectivity index (χ0v) is 11.0. The van der Waals surface area contributed by atoms with Crippen molar-refractivity contribution in [2.45, 2.75) is 26.3 Å². The van der Waals surface area contributed by atoms with Crippen LogP contribution >= 0.6 is 0 Å². The van der Waals surface area contributed by atoms with Gasteiger partial charge in [0, 0.05) is 25.2 Å². The number of rotatable bonds is 3. The molecular weight excluding hydrogens is 250 g/mol. The molecule has 0 saturated carbocycles. The van der Waals surface area contributed by atoms with Crippen molar-refractivity contribution in [3.63, 3.8) is 0 Å². The molecule has 2 rings (SSSR count). The molecule has 1 saturated heterocycles. The van der Waals surface area contributed by atoms with Crippen molar-refractivity contribution in [3.05, 3.63) is 17.0 Å². The van der Waals surface area contributed by atoms with Gasteiger partial charge in [-0.25, -0.2) is 4.79 Å². The van der Waals surface area contributed by atoms with Gasteiger partial charge in [-0.2, -0.15) is 0 Å². The van der Waals surface area contributed by atoms with Crippen LogP contribution in [0.5, 0.6) is 0 Å². The van der Waals surface area contributed by atoms with Gasteiger partial charge < -0.3 is 19.8 Å². The van der Waals surface area contributed by atoms with Crippen molar-refractivity contribution in [2.24, 2.45) is 0 Å². The van der Waals surface area contributed by atoms with Crippen LogP contribution in [0, 0.1) is 13.8 Å². The number of carbonyl (C=O) groups excluding carboxylic acids is 1. The predicted molar refractivity (Wildman–Crippen MR) is 65.7 cm³/mol. The van der Waals surface area contributed by atoms with Crippen LogP contribution in [0.4, 0.5) is 0 Å². The van der Waals surface area contributed by atoms with Gasteiger partial charge in [-0.3, -0.25) is 4.79 Å². The Morgan fingerprint density at radius 2 is 2.26 bits per heavy atom. The van der Waals surface area contributed by atoms with Crippen molar-refractivity contribution in [2.75, 3.05) is 19.6 Å². The first-order chi connectivity index (χ1) is 9.00. The largest absolute Gasteiger partial charge is 0.480 e. The van der Waals surface area contributed by atoms with Crippen LogP contribution in [0.15, 0.2) is 4.52 Å². The summed E-state index contributed by atoms with van der Waals surface area (Å²) in [5.41, 5.74) is 1.42. The molecule has 104 valence electrons. The fourth-order valence-corrected chi connectivity index (χ4v) is 2.23. The minimum absolute atomic E-state index is 0.130. The molecule has 2 N–H and O–H groups in total. The summed E-state index contributed by atoms with van der Waals surface area (Å²) in [6.45, 7) is 4.81. The monoisotopic (exact) mass is 267 g/mol. The van der Waals surface area contributed by atoms with Crippen LogP contribution in [-0.4, -0.2) is 52.7 Å². The lowest BCUT2D eigenvalue weighted by Crippen LogP contribution is -2.57. The molecule has 0 bridgehead atoms. The number of nitrogens with one attached hydrogen (secondary N) is 1. The number of aliphatic carboxylic acids is 1. The van der Waals surface area contributed by atoms with Crippen LogP contribution in [0.1, 0.15) is 17.0 Å². The second-order valence-corrected chi connectivity index (χ2v) is 4.62. The molecule has 1 aromatic rings. The number of carboxylic acids is 1.